The van der Waals surface area contributed by atoms with Crippen molar-refractivity contribution in [1.29, 1.82) is 5.26 Å². The first-order chi connectivity index (χ1) is 8.29. The zero-order chi connectivity index (χ0) is 12.1. The van der Waals surface area contributed by atoms with Gasteiger partial charge in [0.1, 0.15) is 6.07 Å². The van der Waals surface area contributed by atoms with Crippen molar-refractivity contribution < 1.29 is 0 Å². The Kier molecular flexibility index (Phi) is 3.79. The Hall–Kier alpha value is -1.79. The van der Waals surface area contributed by atoms with Gasteiger partial charge >= 0.3 is 0 Å². The Balaban J connectivity index is 2.03. The number of rotatable bonds is 3. The summed E-state index contributed by atoms with van der Waals surface area (Å²) >= 11 is 1.69. The lowest BCUT2D eigenvalue weighted by Crippen LogP contribution is -1.87. The van der Waals surface area contributed by atoms with Crippen molar-refractivity contribution in [3.05, 3.63) is 59.3 Å². The molecular weight excluding hydrogens is 228 g/mol. The van der Waals surface area contributed by atoms with Crippen molar-refractivity contribution in [3.63, 3.8) is 0 Å². The molecule has 2 aromatic rings. The number of hydrogen-bond donors (Lipinski definition) is 0. The zero-order valence-corrected chi connectivity index (χ0v) is 10.4. The van der Waals surface area contributed by atoms with Crippen LogP contribution in [0.3, 0.4) is 0 Å². The molecule has 17 heavy (non-hydrogen) atoms. The van der Waals surface area contributed by atoms with E-state index in [9.17, 15) is 0 Å². The van der Waals surface area contributed by atoms with E-state index in [2.05, 4.69) is 36.2 Å². The second-order valence-corrected chi connectivity index (χ2v) is 4.71. The first-order valence-corrected chi connectivity index (χ1v) is 6.31. The predicted octanol–water partition coefficient (Wildman–Crippen LogP) is 3.55. The molecule has 2 nitrogen and oxygen atoms in total. The number of nitrogens with zero attached hydrogens (tertiary/aromatic N) is 2. The van der Waals surface area contributed by atoms with E-state index in [1.807, 2.05) is 12.1 Å². The highest BCUT2D eigenvalue weighted by atomic mass is 32.2. The Morgan fingerprint density at radius 1 is 1.24 bits per heavy atom. The van der Waals surface area contributed by atoms with E-state index in [0.29, 0.717) is 5.56 Å². The molecule has 0 N–H and O–H groups in total. The molecule has 0 atom stereocenters. The molecule has 1 aromatic heterocycles. The minimum atomic E-state index is 0.602. The van der Waals surface area contributed by atoms with Crippen LogP contribution in [0.25, 0.3) is 0 Å². The van der Waals surface area contributed by atoms with Crippen molar-refractivity contribution in [2.75, 3.05) is 0 Å². The molecule has 0 aliphatic rings. The van der Waals surface area contributed by atoms with Gasteiger partial charge in [0.2, 0.25) is 0 Å². The van der Waals surface area contributed by atoms with Crippen molar-refractivity contribution in [3.8, 4) is 6.07 Å². The zero-order valence-electron chi connectivity index (χ0n) is 9.55. The topological polar surface area (TPSA) is 36.7 Å². The maximum absolute atomic E-state index is 8.68. The summed E-state index contributed by atoms with van der Waals surface area (Å²) in [5.74, 6) is 0.908. The molecular formula is C14H12N2S. The number of thioether (sulfide) groups is 1. The molecule has 0 unspecified atom stereocenters. The van der Waals surface area contributed by atoms with E-state index in [1.54, 1.807) is 24.0 Å². The highest BCUT2D eigenvalue weighted by Crippen LogP contribution is 2.22. The van der Waals surface area contributed by atoms with Crippen molar-refractivity contribution in [1.82, 2.24) is 4.98 Å². The number of benzene rings is 1. The van der Waals surface area contributed by atoms with Crippen LogP contribution in [0.1, 0.15) is 16.7 Å². The van der Waals surface area contributed by atoms with Crippen LogP contribution in [0.2, 0.25) is 0 Å². The Morgan fingerprint density at radius 2 is 2.06 bits per heavy atom. The summed E-state index contributed by atoms with van der Waals surface area (Å²) in [4.78, 5) is 4.23. The van der Waals surface area contributed by atoms with Crippen LogP contribution in [0.4, 0.5) is 0 Å². The van der Waals surface area contributed by atoms with Crippen LogP contribution in [0.5, 0.6) is 0 Å². The summed E-state index contributed by atoms with van der Waals surface area (Å²) in [5, 5.41) is 9.63. The minimum Gasteiger partial charge on any atom is -0.249 e. The van der Waals surface area contributed by atoms with Crippen molar-refractivity contribution >= 4 is 11.8 Å². The van der Waals surface area contributed by atoms with Crippen LogP contribution >= 0.6 is 11.8 Å². The lowest BCUT2D eigenvalue weighted by atomic mass is 10.1. The Bertz CT molecular complexity index is 541. The number of hydrogen-bond acceptors (Lipinski definition) is 3. The average molecular weight is 240 g/mol. The standard InChI is InChI=1S/C14H12N2S/c1-11-4-2-3-5-13(11)10-17-14-7-6-12(8-15)9-16-14/h2-7,9H,10H2,1H3. The molecule has 0 radical (unpaired) electrons. The monoisotopic (exact) mass is 240 g/mol. The Labute approximate surface area is 105 Å². The second kappa shape index (κ2) is 5.51. The summed E-state index contributed by atoms with van der Waals surface area (Å²) in [5.41, 5.74) is 3.22. The number of pyridine rings is 1. The lowest BCUT2D eigenvalue weighted by molar-refractivity contribution is 1.12. The van der Waals surface area contributed by atoms with Gasteiger partial charge in [-0.05, 0) is 30.2 Å². The van der Waals surface area contributed by atoms with Gasteiger partial charge in [-0.3, -0.25) is 0 Å². The predicted molar refractivity (Wildman–Crippen MR) is 69.7 cm³/mol. The average Bonchev–Trinajstić information content (AvgIpc) is 2.38. The van der Waals surface area contributed by atoms with E-state index in [4.69, 9.17) is 5.26 Å². The number of nitriles is 1. The molecule has 0 amide bonds. The van der Waals surface area contributed by atoms with Gasteiger partial charge < -0.3 is 0 Å². The van der Waals surface area contributed by atoms with Crippen LogP contribution in [-0.2, 0) is 5.75 Å². The molecule has 3 heteroatoms. The second-order valence-electron chi connectivity index (χ2n) is 3.71. The molecule has 0 fully saturated rings. The van der Waals surface area contributed by atoms with E-state index >= 15 is 0 Å². The van der Waals surface area contributed by atoms with E-state index in [-0.39, 0.29) is 0 Å². The molecule has 1 heterocycles. The maximum Gasteiger partial charge on any atom is 0.101 e. The van der Waals surface area contributed by atoms with E-state index in [1.165, 1.54) is 11.1 Å². The number of aromatic nitrogens is 1. The highest BCUT2D eigenvalue weighted by Gasteiger charge is 2.00. The van der Waals surface area contributed by atoms with E-state index in [0.717, 1.165) is 10.8 Å². The summed E-state index contributed by atoms with van der Waals surface area (Å²) in [7, 11) is 0. The molecule has 1 aromatic carbocycles. The molecule has 0 aliphatic carbocycles. The third-order valence-electron chi connectivity index (χ3n) is 2.50. The summed E-state index contributed by atoms with van der Waals surface area (Å²) < 4.78 is 0. The van der Waals surface area contributed by atoms with E-state index < -0.39 is 0 Å². The fraction of sp³-hybridized carbons (Fsp3) is 0.143. The van der Waals surface area contributed by atoms with Crippen molar-refractivity contribution in [2.45, 2.75) is 17.7 Å². The molecule has 84 valence electrons. The molecule has 2 rings (SSSR count). The third kappa shape index (κ3) is 3.08. The quantitative estimate of drug-likeness (QED) is 0.770. The van der Waals surface area contributed by atoms with Crippen molar-refractivity contribution in [2.24, 2.45) is 0 Å². The van der Waals surface area contributed by atoms with Gasteiger partial charge in [0.15, 0.2) is 0 Å². The van der Waals surface area contributed by atoms with Gasteiger partial charge in [-0.1, -0.05) is 24.3 Å². The summed E-state index contributed by atoms with van der Waals surface area (Å²) in [6, 6.07) is 14.1. The largest absolute Gasteiger partial charge is 0.249 e. The normalized spacial score (nSPS) is 9.88. The van der Waals surface area contributed by atoms with Crippen LogP contribution in [-0.4, -0.2) is 4.98 Å². The van der Waals surface area contributed by atoms with Gasteiger partial charge in [0, 0.05) is 11.9 Å². The molecule has 0 aliphatic heterocycles. The number of aryl methyl sites for hydroxylation is 1. The van der Waals surface area contributed by atoms with Gasteiger partial charge in [-0.15, -0.1) is 11.8 Å². The fourth-order valence-corrected chi connectivity index (χ4v) is 2.37. The van der Waals surface area contributed by atoms with Gasteiger partial charge in [0.05, 0.1) is 10.6 Å². The minimum absolute atomic E-state index is 0.602. The summed E-state index contributed by atoms with van der Waals surface area (Å²) in [6.45, 7) is 2.11. The SMILES string of the molecule is Cc1ccccc1CSc1ccc(C#N)cn1. The molecule has 0 bridgehead atoms. The van der Waals surface area contributed by atoms with Gasteiger partial charge in [-0.25, -0.2) is 4.98 Å². The Morgan fingerprint density at radius 3 is 2.71 bits per heavy atom. The highest BCUT2D eigenvalue weighted by molar-refractivity contribution is 7.98. The molecule has 0 saturated heterocycles. The van der Waals surface area contributed by atoms with Crippen LogP contribution in [0.15, 0.2) is 47.6 Å². The van der Waals surface area contributed by atoms with Crippen LogP contribution in [0, 0.1) is 18.3 Å². The maximum atomic E-state index is 8.68. The van der Waals surface area contributed by atoms with Crippen LogP contribution < -0.4 is 0 Å². The first-order valence-electron chi connectivity index (χ1n) is 5.33. The summed E-state index contributed by atoms with van der Waals surface area (Å²) in [6.07, 6.45) is 1.61. The fourth-order valence-electron chi connectivity index (χ4n) is 1.46. The first kappa shape index (κ1) is 11.7. The molecule has 0 saturated carbocycles. The smallest absolute Gasteiger partial charge is 0.101 e. The third-order valence-corrected chi connectivity index (χ3v) is 3.49. The van der Waals surface area contributed by atoms with Gasteiger partial charge in [-0.2, -0.15) is 5.26 Å². The lowest BCUT2D eigenvalue weighted by Gasteiger charge is -2.04. The molecule has 0 spiro atoms. The van der Waals surface area contributed by atoms with Gasteiger partial charge in [0.25, 0.3) is 0 Å².